The second-order valence-electron chi connectivity index (χ2n) is 5.73. The molecule has 0 atom stereocenters. The van der Waals surface area contributed by atoms with Crippen molar-refractivity contribution in [3.8, 4) is 11.1 Å². The molecule has 136 valence electrons. The van der Waals surface area contributed by atoms with Crippen LogP contribution in [0.4, 0.5) is 0 Å². The van der Waals surface area contributed by atoms with Gasteiger partial charge >= 0.3 is 0 Å². The highest BCUT2D eigenvalue weighted by molar-refractivity contribution is 7.85. The maximum Gasteiger partial charge on any atom is 0.264 e. The van der Waals surface area contributed by atoms with Crippen molar-refractivity contribution in [2.24, 2.45) is 0 Å². The molecule has 0 aliphatic carbocycles. The summed E-state index contributed by atoms with van der Waals surface area (Å²) in [6.07, 6.45) is 3.59. The van der Waals surface area contributed by atoms with E-state index >= 15 is 0 Å². The molecule has 6 nitrogen and oxygen atoms in total. The first kappa shape index (κ1) is 19.5. The molecule has 0 unspecified atom stereocenters. The molecule has 1 aromatic carbocycles. The van der Waals surface area contributed by atoms with Gasteiger partial charge < -0.3 is 9.47 Å². The molecule has 2 rings (SSSR count). The number of hydrogen-bond donors (Lipinski definition) is 1. The van der Waals surface area contributed by atoms with Crippen LogP contribution >= 0.6 is 0 Å². The highest BCUT2D eigenvalue weighted by atomic mass is 32.2. The maximum absolute atomic E-state index is 10.7. The largest absolute Gasteiger partial charge is 0.359 e. The minimum atomic E-state index is -3.87. The smallest absolute Gasteiger partial charge is 0.264 e. The van der Waals surface area contributed by atoms with E-state index in [1.807, 2.05) is 42.6 Å². The first-order valence-corrected chi connectivity index (χ1v) is 9.65. The predicted octanol–water partition coefficient (Wildman–Crippen LogP) is 3.08. The van der Waals surface area contributed by atoms with E-state index in [0.29, 0.717) is 25.9 Å². The van der Waals surface area contributed by atoms with Crippen molar-refractivity contribution in [2.45, 2.75) is 25.9 Å². The third-order valence-corrected chi connectivity index (χ3v) is 4.47. The molecule has 1 N–H and O–H groups in total. The van der Waals surface area contributed by atoms with Gasteiger partial charge in [-0.2, -0.15) is 8.42 Å². The van der Waals surface area contributed by atoms with Crippen LogP contribution < -0.4 is 0 Å². The van der Waals surface area contributed by atoms with E-state index in [9.17, 15) is 8.42 Å². The average molecular weight is 365 g/mol. The second-order valence-corrected chi connectivity index (χ2v) is 7.31. The lowest BCUT2D eigenvalue weighted by molar-refractivity contribution is -0.0390. The summed E-state index contributed by atoms with van der Waals surface area (Å²) in [6, 6.07) is 12.0. The molecule has 0 aliphatic rings. The molecular weight excluding hydrogens is 342 g/mol. The monoisotopic (exact) mass is 365 g/mol. The molecule has 0 saturated heterocycles. The molecule has 7 heteroatoms. The van der Waals surface area contributed by atoms with Crippen molar-refractivity contribution >= 4 is 10.1 Å². The van der Waals surface area contributed by atoms with Gasteiger partial charge in [0.25, 0.3) is 10.1 Å². The topological polar surface area (TPSA) is 85.7 Å². The van der Waals surface area contributed by atoms with E-state index in [2.05, 4.69) is 4.98 Å². The van der Waals surface area contributed by atoms with Crippen LogP contribution in [0.25, 0.3) is 11.1 Å². The lowest BCUT2D eigenvalue weighted by Crippen LogP contribution is -2.04. The summed E-state index contributed by atoms with van der Waals surface area (Å²) in [7, 11) is -2.28. The minimum Gasteiger partial charge on any atom is -0.359 e. The van der Waals surface area contributed by atoms with Gasteiger partial charge in [0, 0.05) is 24.6 Å². The van der Waals surface area contributed by atoms with E-state index in [0.717, 1.165) is 22.4 Å². The Hall–Kier alpha value is -1.80. The highest BCUT2D eigenvalue weighted by Gasteiger charge is 2.05. The Bertz CT molecular complexity index is 742. The van der Waals surface area contributed by atoms with E-state index < -0.39 is 10.1 Å². The Morgan fingerprint density at radius 3 is 2.36 bits per heavy atom. The summed E-state index contributed by atoms with van der Waals surface area (Å²) in [5.74, 6) is -0.203. The number of ether oxygens (including phenoxy) is 2. The van der Waals surface area contributed by atoms with Crippen LogP contribution in [0.3, 0.4) is 0 Å². The third-order valence-electron chi connectivity index (χ3n) is 3.67. The first-order chi connectivity index (χ1) is 12.0. The number of hydrogen-bond acceptors (Lipinski definition) is 5. The van der Waals surface area contributed by atoms with Gasteiger partial charge in [-0.25, -0.2) is 0 Å². The number of benzene rings is 1. The van der Waals surface area contributed by atoms with Crippen molar-refractivity contribution in [1.29, 1.82) is 0 Å². The zero-order valence-corrected chi connectivity index (χ0v) is 15.0. The van der Waals surface area contributed by atoms with Gasteiger partial charge in [-0.15, -0.1) is 0 Å². The average Bonchev–Trinajstić information content (AvgIpc) is 2.59. The second kappa shape index (κ2) is 9.62. The molecule has 0 radical (unpaired) electrons. The fraction of sp³-hybridized carbons (Fsp3) is 0.389. The molecule has 0 aliphatic heterocycles. The highest BCUT2D eigenvalue weighted by Crippen LogP contribution is 2.20. The van der Waals surface area contributed by atoms with Gasteiger partial charge in [-0.1, -0.05) is 30.3 Å². The standard InChI is InChI=1S/C18H23NO5S/c1-23-14-24-13-15-5-7-16(8-6-15)17-9-10-18(19-12-17)4-2-3-11-25(20,21)22/h5-10,12H,2-4,11,13-14H2,1H3,(H,20,21,22). The summed E-state index contributed by atoms with van der Waals surface area (Å²) in [4.78, 5) is 4.42. The van der Waals surface area contributed by atoms with Crippen LogP contribution in [0.1, 0.15) is 24.1 Å². The number of nitrogens with zero attached hydrogens (tertiary/aromatic N) is 1. The number of pyridine rings is 1. The zero-order chi connectivity index (χ0) is 18.1. The molecule has 1 heterocycles. The Morgan fingerprint density at radius 1 is 1.04 bits per heavy atom. The van der Waals surface area contributed by atoms with Crippen LogP contribution in [-0.2, 0) is 32.6 Å². The summed E-state index contributed by atoms with van der Waals surface area (Å²) in [5, 5.41) is 0. The summed E-state index contributed by atoms with van der Waals surface area (Å²) >= 11 is 0. The van der Waals surface area contributed by atoms with Crippen LogP contribution in [0.15, 0.2) is 42.6 Å². The lowest BCUT2D eigenvalue weighted by Gasteiger charge is -2.06. The normalized spacial score (nSPS) is 11.6. The fourth-order valence-electron chi connectivity index (χ4n) is 2.37. The molecule has 0 saturated carbocycles. The van der Waals surface area contributed by atoms with Crippen molar-refractivity contribution < 1.29 is 22.4 Å². The molecule has 2 aromatic rings. The number of methoxy groups -OCH3 is 1. The molecule has 1 aromatic heterocycles. The number of aryl methyl sites for hydroxylation is 1. The minimum absolute atomic E-state index is 0.203. The molecule has 0 spiro atoms. The van der Waals surface area contributed by atoms with Gasteiger partial charge in [0.1, 0.15) is 6.79 Å². The first-order valence-electron chi connectivity index (χ1n) is 8.04. The van der Waals surface area contributed by atoms with Gasteiger partial charge in [-0.3, -0.25) is 9.54 Å². The van der Waals surface area contributed by atoms with Crippen molar-refractivity contribution in [3.05, 3.63) is 53.9 Å². The Balaban J connectivity index is 1.86. The third kappa shape index (κ3) is 7.31. The Morgan fingerprint density at radius 2 is 1.76 bits per heavy atom. The van der Waals surface area contributed by atoms with Gasteiger partial charge in [0.2, 0.25) is 0 Å². The van der Waals surface area contributed by atoms with E-state index in [-0.39, 0.29) is 12.5 Å². The van der Waals surface area contributed by atoms with Crippen LogP contribution in [0.2, 0.25) is 0 Å². The van der Waals surface area contributed by atoms with E-state index in [1.165, 1.54) is 0 Å². The number of unbranched alkanes of at least 4 members (excludes halogenated alkanes) is 1. The number of aromatic nitrogens is 1. The van der Waals surface area contributed by atoms with Crippen LogP contribution in [0.5, 0.6) is 0 Å². The quantitative estimate of drug-likeness (QED) is 0.396. The van der Waals surface area contributed by atoms with Gasteiger partial charge in [0.05, 0.1) is 12.4 Å². The predicted molar refractivity (Wildman–Crippen MR) is 95.7 cm³/mol. The molecule has 25 heavy (non-hydrogen) atoms. The van der Waals surface area contributed by atoms with E-state index in [1.54, 1.807) is 7.11 Å². The Kier molecular flexibility index (Phi) is 7.52. The SMILES string of the molecule is COCOCc1ccc(-c2ccc(CCCCS(=O)(=O)O)nc2)cc1. The molecule has 0 fully saturated rings. The lowest BCUT2D eigenvalue weighted by atomic mass is 10.0. The van der Waals surface area contributed by atoms with Gasteiger partial charge in [-0.05, 0) is 36.5 Å². The van der Waals surface area contributed by atoms with Crippen molar-refractivity contribution in [3.63, 3.8) is 0 Å². The number of rotatable bonds is 10. The fourth-order valence-corrected chi connectivity index (χ4v) is 2.94. The maximum atomic E-state index is 10.7. The van der Waals surface area contributed by atoms with Crippen LogP contribution in [-0.4, -0.2) is 37.6 Å². The molecular formula is C18H23NO5S. The molecule has 0 bridgehead atoms. The Labute approximate surface area is 148 Å². The summed E-state index contributed by atoms with van der Waals surface area (Å²) < 4.78 is 40.2. The van der Waals surface area contributed by atoms with Gasteiger partial charge in [0.15, 0.2) is 0 Å². The molecule has 0 amide bonds. The van der Waals surface area contributed by atoms with E-state index in [4.69, 9.17) is 14.0 Å². The van der Waals surface area contributed by atoms with Crippen LogP contribution in [0, 0.1) is 0 Å². The summed E-state index contributed by atoms with van der Waals surface area (Å²) in [5.41, 5.74) is 4.07. The van der Waals surface area contributed by atoms with Crippen molar-refractivity contribution in [2.75, 3.05) is 19.7 Å². The zero-order valence-electron chi connectivity index (χ0n) is 14.2. The summed E-state index contributed by atoms with van der Waals surface area (Å²) in [6.45, 7) is 0.784. The van der Waals surface area contributed by atoms with Crippen molar-refractivity contribution in [1.82, 2.24) is 4.98 Å².